The summed E-state index contributed by atoms with van der Waals surface area (Å²) in [6, 6.07) is 8.46. The number of carbonyl (C=O) groups is 1. The van der Waals surface area contributed by atoms with Gasteiger partial charge < -0.3 is 15.1 Å². The average molecular weight is 488 g/mol. The van der Waals surface area contributed by atoms with Crippen molar-refractivity contribution in [2.45, 2.75) is 18.5 Å². The molecule has 0 aliphatic carbocycles. The van der Waals surface area contributed by atoms with E-state index < -0.39 is 0 Å². The number of rotatable bonds is 5. The fourth-order valence-electron chi connectivity index (χ4n) is 4.73. The molecule has 0 aromatic carbocycles. The zero-order valence-corrected chi connectivity index (χ0v) is 20.5. The number of thiazole rings is 1. The highest BCUT2D eigenvalue weighted by atomic mass is 32.1. The summed E-state index contributed by atoms with van der Waals surface area (Å²) in [7, 11) is 5.61. The Morgan fingerprint density at radius 1 is 1.06 bits per heavy atom. The molecule has 178 valence electrons. The molecule has 2 bridgehead atoms. The van der Waals surface area contributed by atoms with Gasteiger partial charge in [0.1, 0.15) is 22.3 Å². The van der Waals surface area contributed by atoms with Crippen molar-refractivity contribution in [2.24, 2.45) is 0 Å². The first-order valence-electron chi connectivity index (χ1n) is 11.5. The third kappa shape index (κ3) is 4.06. The summed E-state index contributed by atoms with van der Waals surface area (Å²) >= 11 is 1.53. The predicted octanol–water partition coefficient (Wildman–Crippen LogP) is 2.88. The Balaban J connectivity index is 1.23. The maximum absolute atomic E-state index is 12.3. The van der Waals surface area contributed by atoms with Gasteiger partial charge >= 0.3 is 0 Å². The molecule has 0 unspecified atom stereocenters. The summed E-state index contributed by atoms with van der Waals surface area (Å²) in [6.45, 7) is 2.02. The number of anilines is 3. The first-order valence-corrected chi connectivity index (χ1v) is 12.3. The largest absolute Gasteiger partial charge is 0.343 e. The minimum Gasteiger partial charge on any atom is -0.343 e. The third-order valence-electron chi connectivity index (χ3n) is 6.58. The number of piperazine rings is 1. The van der Waals surface area contributed by atoms with Crippen molar-refractivity contribution < 1.29 is 4.79 Å². The van der Waals surface area contributed by atoms with Crippen LogP contribution in [0.4, 0.5) is 17.6 Å². The van der Waals surface area contributed by atoms with E-state index in [4.69, 9.17) is 9.97 Å². The van der Waals surface area contributed by atoms with Crippen molar-refractivity contribution in [2.75, 3.05) is 44.4 Å². The number of nitrogens with one attached hydrogen (secondary N) is 1. The van der Waals surface area contributed by atoms with Gasteiger partial charge in [-0.15, -0.1) is 11.3 Å². The summed E-state index contributed by atoms with van der Waals surface area (Å²) in [6.07, 6.45) is 6.41. The van der Waals surface area contributed by atoms with Crippen LogP contribution in [0.5, 0.6) is 0 Å². The summed E-state index contributed by atoms with van der Waals surface area (Å²) < 4.78 is 0.962. The number of amides is 1. The van der Waals surface area contributed by atoms with Gasteiger partial charge in [0.15, 0.2) is 0 Å². The zero-order chi connectivity index (χ0) is 24.1. The van der Waals surface area contributed by atoms with E-state index in [0.717, 1.165) is 39.8 Å². The van der Waals surface area contributed by atoms with E-state index >= 15 is 0 Å². The van der Waals surface area contributed by atoms with E-state index in [2.05, 4.69) is 37.1 Å². The minimum atomic E-state index is -0.140. The van der Waals surface area contributed by atoms with E-state index in [1.165, 1.54) is 22.7 Å². The fraction of sp³-hybridized carbons (Fsp3) is 0.333. The number of likely N-dealkylation sites (N-methyl/N-ethyl adjacent to an activating group) is 1. The number of pyridine rings is 2. The molecular formula is C24H25N9OS. The first-order chi connectivity index (χ1) is 16.9. The van der Waals surface area contributed by atoms with Crippen LogP contribution in [0.1, 0.15) is 16.9 Å². The van der Waals surface area contributed by atoms with Gasteiger partial charge in [-0.2, -0.15) is 4.98 Å². The Morgan fingerprint density at radius 2 is 1.91 bits per heavy atom. The van der Waals surface area contributed by atoms with E-state index in [-0.39, 0.29) is 5.91 Å². The number of hydrogen-bond acceptors (Lipinski definition) is 10. The minimum absolute atomic E-state index is 0.140. The van der Waals surface area contributed by atoms with Gasteiger partial charge in [-0.1, -0.05) is 0 Å². The molecule has 11 heteroatoms. The van der Waals surface area contributed by atoms with Crippen LogP contribution in [-0.4, -0.2) is 86.9 Å². The van der Waals surface area contributed by atoms with Crippen LogP contribution in [0.15, 0.2) is 42.9 Å². The Bertz CT molecular complexity index is 1420. The van der Waals surface area contributed by atoms with Crippen LogP contribution >= 0.6 is 11.3 Å². The normalized spacial score (nSPS) is 19.5. The Morgan fingerprint density at radius 3 is 2.69 bits per heavy atom. The lowest BCUT2D eigenvalue weighted by Crippen LogP contribution is -2.45. The molecule has 35 heavy (non-hydrogen) atoms. The van der Waals surface area contributed by atoms with Crippen molar-refractivity contribution in [3.63, 3.8) is 0 Å². The standard InChI is InChI=1S/C24H25N9OS/c1-31(2)23(34)18-8-14(4-6-25-18)22-28-17-10-21(27-11-19(17)35-22)29-20-5-7-26-24(30-20)33-13-15-9-16(33)12-32(15)3/h4-8,10-11,15-16H,9,12-13H2,1-3H3,(H,26,27,29,30)/t15-,16-/m0/s1. The van der Waals surface area contributed by atoms with Crippen molar-refractivity contribution in [3.05, 3.63) is 48.5 Å². The van der Waals surface area contributed by atoms with Gasteiger partial charge in [0.25, 0.3) is 5.91 Å². The van der Waals surface area contributed by atoms with Crippen molar-refractivity contribution >= 4 is 45.0 Å². The summed E-state index contributed by atoms with van der Waals surface area (Å²) in [4.78, 5) is 41.3. The number of nitrogens with zero attached hydrogens (tertiary/aromatic N) is 8. The van der Waals surface area contributed by atoms with E-state index in [1.807, 2.05) is 24.4 Å². The SMILES string of the molecule is CN(C)C(=O)c1cc(-c2nc3cc(Nc4ccnc(N5C[C@@H]6C[C@H]5CN6C)n4)ncc3s2)ccn1. The molecule has 1 amide bonds. The molecule has 10 nitrogen and oxygen atoms in total. The molecule has 2 atom stereocenters. The van der Waals surface area contributed by atoms with Crippen LogP contribution in [-0.2, 0) is 0 Å². The Kier molecular flexibility index (Phi) is 5.30. The summed E-state index contributed by atoms with van der Waals surface area (Å²) in [5.74, 6) is 1.99. The molecule has 0 spiro atoms. The highest BCUT2D eigenvalue weighted by Gasteiger charge is 2.42. The highest BCUT2D eigenvalue weighted by molar-refractivity contribution is 7.21. The van der Waals surface area contributed by atoms with Crippen LogP contribution in [0, 0.1) is 0 Å². The predicted molar refractivity (Wildman–Crippen MR) is 136 cm³/mol. The molecule has 2 saturated heterocycles. The average Bonchev–Trinajstić information content (AvgIpc) is 3.57. The second-order valence-electron chi connectivity index (χ2n) is 9.19. The lowest BCUT2D eigenvalue weighted by Gasteiger charge is -2.31. The van der Waals surface area contributed by atoms with Gasteiger partial charge in [0.2, 0.25) is 5.95 Å². The van der Waals surface area contributed by atoms with Gasteiger partial charge in [0.05, 0.1) is 10.2 Å². The molecule has 2 fully saturated rings. The van der Waals surface area contributed by atoms with Crippen LogP contribution in [0.2, 0.25) is 0 Å². The maximum atomic E-state index is 12.3. The lowest BCUT2D eigenvalue weighted by atomic mass is 10.2. The van der Waals surface area contributed by atoms with E-state index in [1.54, 1.807) is 32.6 Å². The second-order valence-corrected chi connectivity index (χ2v) is 10.2. The molecule has 4 aromatic rings. The Labute approximate surface area is 206 Å². The second kappa shape index (κ2) is 8.51. The van der Waals surface area contributed by atoms with Crippen LogP contribution in [0.3, 0.4) is 0 Å². The van der Waals surface area contributed by atoms with Crippen molar-refractivity contribution in [1.29, 1.82) is 0 Å². The number of likely N-dealkylation sites (tertiary alicyclic amines) is 1. The topological polar surface area (TPSA) is 103 Å². The number of aromatic nitrogens is 5. The number of carbonyl (C=O) groups excluding carboxylic acids is 1. The maximum Gasteiger partial charge on any atom is 0.271 e. The van der Waals surface area contributed by atoms with E-state index in [0.29, 0.717) is 29.4 Å². The molecular weight excluding hydrogens is 462 g/mol. The molecule has 0 saturated carbocycles. The zero-order valence-electron chi connectivity index (χ0n) is 19.7. The monoisotopic (exact) mass is 487 g/mol. The lowest BCUT2D eigenvalue weighted by molar-refractivity contribution is 0.0822. The van der Waals surface area contributed by atoms with Crippen LogP contribution in [0.25, 0.3) is 20.8 Å². The first kappa shape index (κ1) is 21.8. The molecule has 2 aliphatic heterocycles. The highest BCUT2D eigenvalue weighted by Crippen LogP contribution is 2.33. The fourth-order valence-corrected chi connectivity index (χ4v) is 5.65. The van der Waals surface area contributed by atoms with Gasteiger partial charge in [-0.3, -0.25) is 14.7 Å². The Hall–Kier alpha value is -3.70. The van der Waals surface area contributed by atoms with Crippen LogP contribution < -0.4 is 10.2 Å². The molecule has 2 aliphatic rings. The molecule has 4 aromatic heterocycles. The molecule has 6 rings (SSSR count). The van der Waals surface area contributed by atoms with Crippen molar-refractivity contribution in [3.8, 4) is 10.6 Å². The molecule has 6 heterocycles. The van der Waals surface area contributed by atoms with E-state index in [9.17, 15) is 4.79 Å². The smallest absolute Gasteiger partial charge is 0.271 e. The molecule has 1 N–H and O–H groups in total. The molecule has 0 radical (unpaired) electrons. The van der Waals surface area contributed by atoms with Crippen molar-refractivity contribution in [1.82, 2.24) is 34.7 Å². The van der Waals surface area contributed by atoms with Gasteiger partial charge in [0, 0.05) is 69.5 Å². The summed E-state index contributed by atoms with van der Waals surface area (Å²) in [5, 5.41) is 4.12. The third-order valence-corrected chi connectivity index (χ3v) is 7.63. The number of hydrogen-bond donors (Lipinski definition) is 1. The quantitative estimate of drug-likeness (QED) is 0.455. The summed E-state index contributed by atoms with van der Waals surface area (Å²) in [5.41, 5.74) is 2.07. The number of fused-ring (bicyclic) bond motifs is 3. The van der Waals surface area contributed by atoms with Gasteiger partial charge in [-0.05, 0) is 31.7 Å². The van der Waals surface area contributed by atoms with Gasteiger partial charge in [-0.25, -0.2) is 15.0 Å².